The minimum absolute atomic E-state index is 0.0720. The lowest BCUT2D eigenvalue weighted by Gasteiger charge is -2.56. The summed E-state index contributed by atoms with van der Waals surface area (Å²) in [6.45, 7) is 1.87. The van der Waals surface area contributed by atoms with E-state index in [4.69, 9.17) is 0 Å². The first-order chi connectivity index (χ1) is 14.0. The Morgan fingerprint density at radius 3 is 2.38 bits per heavy atom. The molecule has 0 unspecified atom stereocenters. The van der Waals surface area contributed by atoms with Crippen LogP contribution in [0.4, 0.5) is 0 Å². The van der Waals surface area contributed by atoms with Gasteiger partial charge in [0.2, 0.25) is 5.91 Å². The van der Waals surface area contributed by atoms with Crippen LogP contribution in [0.2, 0.25) is 0 Å². The summed E-state index contributed by atoms with van der Waals surface area (Å²) in [4.78, 5) is 29.1. The Bertz CT molecular complexity index is 901. The van der Waals surface area contributed by atoms with Gasteiger partial charge in [0, 0.05) is 12.0 Å². The number of rotatable bonds is 4. The lowest BCUT2D eigenvalue weighted by Crippen LogP contribution is -2.50. The van der Waals surface area contributed by atoms with E-state index in [0.29, 0.717) is 12.0 Å². The monoisotopic (exact) mass is 393 g/mol. The summed E-state index contributed by atoms with van der Waals surface area (Å²) in [6, 6.07) is 5.43. The Kier molecular flexibility index (Phi) is 4.41. The van der Waals surface area contributed by atoms with Crippen LogP contribution < -0.4 is 10.9 Å². The van der Waals surface area contributed by atoms with E-state index in [-0.39, 0.29) is 17.2 Å². The first kappa shape index (κ1) is 18.3. The maximum absolute atomic E-state index is 12.6. The Labute approximate surface area is 170 Å². The van der Waals surface area contributed by atoms with Gasteiger partial charge in [-0.2, -0.15) is 5.10 Å². The lowest BCUT2D eigenvalue weighted by atomic mass is 9.49. The van der Waals surface area contributed by atoms with Crippen molar-refractivity contribution in [2.24, 2.45) is 23.2 Å². The fourth-order valence-corrected chi connectivity index (χ4v) is 6.47. The van der Waals surface area contributed by atoms with Gasteiger partial charge in [0.15, 0.2) is 0 Å². The van der Waals surface area contributed by atoms with Crippen LogP contribution in [0.5, 0.6) is 0 Å². The van der Waals surface area contributed by atoms with Gasteiger partial charge in [0.05, 0.1) is 5.69 Å². The van der Waals surface area contributed by atoms with Crippen molar-refractivity contribution in [3.8, 4) is 5.69 Å². The predicted octanol–water partition coefficient (Wildman–Crippen LogP) is 2.94. The maximum Gasteiger partial charge on any atom is 0.269 e. The summed E-state index contributed by atoms with van der Waals surface area (Å²) in [5, 5.41) is 4.10. The van der Waals surface area contributed by atoms with Gasteiger partial charge >= 0.3 is 0 Å². The molecule has 0 saturated heterocycles. The second-order valence-electron chi connectivity index (χ2n) is 9.44. The molecular formula is C22H27N5O2. The third kappa shape index (κ3) is 3.54. The molecule has 152 valence electrons. The molecule has 4 aliphatic carbocycles. The Balaban J connectivity index is 1.19. The topological polar surface area (TPSA) is 88.9 Å². The zero-order valence-electron chi connectivity index (χ0n) is 16.7. The summed E-state index contributed by atoms with van der Waals surface area (Å²) in [5.41, 5.74) is 7.61. The van der Waals surface area contributed by atoms with Crippen molar-refractivity contribution in [1.29, 1.82) is 0 Å². The molecule has 1 aromatic carbocycles. The number of nitrogens with one attached hydrogen (secondary N) is 2. The van der Waals surface area contributed by atoms with Gasteiger partial charge in [-0.25, -0.2) is 9.67 Å². The molecule has 2 aromatic rings. The van der Waals surface area contributed by atoms with E-state index < -0.39 is 0 Å². The number of hydrazine groups is 1. The van der Waals surface area contributed by atoms with E-state index in [2.05, 4.69) is 20.9 Å². The molecule has 0 spiro atoms. The molecule has 0 radical (unpaired) electrons. The van der Waals surface area contributed by atoms with E-state index in [1.807, 2.05) is 19.1 Å². The third-order valence-corrected chi connectivity index (χ3v) is 7.15. The summed E-state index contributed by atoms with van der Waals surface area (Å²) < 4.78 is 1.64. The van der Waals surface area contributed by atoms with Crippen molar-refractivity contribution in [3.05, 3.63) is 42.0 Å². The number of benzene rings is 1. The van der Waals surface area contributed by atoms with E-state index in [1.54, 1.807) is 17.1 Å². The fourth-order valence-electron chi connectivity index (χ4n) is 6.47. The van der Waals surface area contributed by atoms with Crippen LogP contribution in [0.25, 0.3) is 5.69 Å². The van der Waals surface area contributed by atoms with E-state index in [1.165, 1.54) is 44.9 Å². The van der Waals surface area contributed by atoms with Crippen LogP contribution in [0.1, 0.15) is 60.9 Å². The standard InChI is InChI=1S/C22H27N5O2/c1-14-4-18(27-13-23-12-24-27)2-3-19(14)21(29)26-25-20(28)11-22-8-15-5-16(9-22)7-17(6-15)10-22/h2-4,12-13,15-17H,5-11H2,1H3,(H,25,28)(H,26,29). The van der Waals surface area contributed by atoms with Crippen LogP contribution >= 0.6 is 0 Å². The second-order valence-corrected chi connectivity index (χ2v) is 9.44. The predicted molar refractivity (Wildman–Crippen MR) is 107 cm³/mol. The smallest absolute Gasteiger partial charge is 0.269 e. The summed E-state index contributed by atoms with van der Waals surface area (Å²) in [5.74, 6) is 2.07. The SMILES string of the molecule is Cc1cc(-n2cncn2)ccc1C(=O)NNC(=O)CC12CC3CC(CC(C3)C1)C2. The van der Waals surface area contributed by atoms with Gasteiger partial charge in [-0.3, -0.25) is 20.4 Å². The molecule has 4 aliphatic rings. The molecule has 0 atom stereocenters. The highest BCUT2D eigenvalue weighted by Gasteiger charge is 2.51. The molecule has 0 aliphatic heterocycles. The molecule has 7 heteroatoms. The quantitative estimate of drug-likeness (QED) is 0.782. The number of carbonyl (C=O) groups excluding carboxylic acids is 2. The molecule has 29 heavy (non-hydrogen) atoms. The largest absolute Gasteiger partial charge is 0.273 e. The van der Waals surface area contributed by atoms with Crippen LogP contribution in [-0.4, -0.2) is 26.6 Å². The fraction of sp³-hybridized carbons (Fsp3) is 0.545. The molecule has 1 aromatic heterocycles. The van der Waals surface area contributed by atoms with Gasteiger partial charge in [0.25, 0.3) is 5.91 Å². The van der Waals surface area contributed by atoms with Gasteiger partial charge in [-0.15, -0.1) is 0 Å². The number of aryl methyl sites for hydroxylation is 1. The average Bonchev–Trinajstić information content (AvgIpc) is 3.19. The minimum Gasteiger partial charge on any atom is -0.273 e. The van der Waals surface area contributed by atoms with Crippen molar-refractivity contribution in [2.75, 3.05) is 0 Å². The molecule has 1 heterocycles. The number of hydrogen-bond acceptors (Lipinski definition) is 4. The van der Waals surface area contributed by atoms with Gasteiger partial charge in [0.1, 0.15) is 12.7 Å². The number of aromatic nitrogens is 3. The highest BCUT2D eigenvalue weighted by Crippen LogP contribution is 2.61. The Morgan fingerprint density at radius 2 is 1.79 bits per heavy atom. The number of carbonyl (C=O) groups is 2. The molecule has 4 fully saturated rings. The minimum atomic E-state index is -0.300. The summed E-state index contributed by atoms with van der Waals surface area (Å²) in [6.07, 6.45) is 11.2. The first-order valence-corrected chi connectivity index (χ1v) is 10.5. The average molecular weight is 393 g/mol. The van der Waals surface area contributed by atoms with Crippen molar-refractivity contribution < 1.29 is 9.59 Å². The molecule has 7 nitrogen and oxygen atoms in total. The lowest BCUT2D eigenvalue weighted by molar-refractivity contribution is -0.130. The third-order valence-electron chi connectivity index (χ3n) is 7.15. The molecule has 4 bridgehead atoms. The highest BCUT2D eigenvalue weighted by atomic mass is 16.2. The van der Waals surface area contributed by atoms with E-state index in [9.17, 15) is 9.59 Å². The van der Waals surface area contributed by atoms with Crippen LogP contribution in [0.15, 0.2) is 30.9 Å². The summed E-state index contributed by atoms with van der Waals surface area (Å²) in [7, 11) is 0. The number of hydrogen-bond donors (Lipinski definition) is 2. The molecular weight excluding hydrogens is 366 g/mol. The van der Waals surface area contributed by atoms with Crippen LogP contribution in [0.3, 0.4) is 0 Å². The van der Waals surface area contributed by atoms with E-state index in [0.717, 1.165) is 29.0 Å². The zero-order valence-corrected chi connectivity index (χ0v) is 16.7. The van der Waals surface area contributed by atoms with Crippen molar-refractivity contribution in [3.63, 3.8) is 0 Å². The van der Waals surface area contributed by atoms with Gasteiger partial charge in [-0.1, -0.05) is 0 Å². The normalized spacial score (nSPS) is 29.6. The summed E-state index contributed by atoms with van der Waals surface area (Å²) >= 11 is 0. The first-order valence-electron chi connectivity index (χ1n) is 10.5. The van der Waals surface area contributed by atoms with Crippen LogP contribution in [-0.2, 0) is 4.79 Å². The molecule has 6 rings (SSSR count). The number of nitrogens with zero attached hydrogens (tertiary/aromatic N) is 3. The maximum atomic E-state index is 12.6. The Morgan fingerprint density at radius 1 is 1.10 bits per heavy atom. The highest BCUT2D eigenvalue weighted by molar-refractivity contribution is 5.96. The van der Waals surface area contributed by atoms with Crippen LogP contribution in [0, 0.1) is 30.1 Å². The number of amides is 2. The Hall–Kier alpha value is -2.70. The molecule has 2 N–H and O–H groups in total. The van der Waals surface area contributed by atoms with Gasteiger partial charge < -0.3 is 0 Å². The second kappa shape index (κ2) is 6.97. The van der Waals surface area contributed by atoms with Crippen molar-refractivity contribution in [2.45, 2.75) is 51.9 Å². The zero-order chi connectivity index (χ0) is 20.0. The molecule has 4 saturated carbocycles. The molecule has 2 amide bonds. The van der Waals surface area contributed by atoms with E-state index >= 15 is 0 Å². The van der Waals surface area contributed by atoms with Gasteiger partial charge in [-0.05, 0) is 92.4 Å². The van der Waals surface area contributed by atoms with Crippen molar-refractivity contribution >= 4 is 11.8 Å². The van der Waals surface area contributed by atoms with Crippen molar-refractivity contribution in [1.82, 2.24) is 25.6 Å².